The van der Waals surface area contributed by atoms with Gasteiger partial charge >= 0.3 is 0 Å². The van der Waals surface area contributed by atoms with Crippen molar-refractivity contribution in [1.29, 1.82) is 0 Å². The van der Waals surface area contributed by atoms with Gasteiger partial charge < -0.3 is 29.0 Å². The van der Waals surface area contributed by atoms with Gasteiger partial charge in [-0.15, -0.1) is 0 Å². The summed E-state index contributed by atoms with van der Waals surface area (Å²) in [4.78, 5) is 12.4. The van der Waals surface area contributed by atoms with Crippen molar-refractivity contribution < 1.29 is 28.5 Å². The van der Waals surface area contributed by atoms with Gasteiger partial charge in [0.2, 0.25) is 11.7 Å². The normalized spacial score (nSPS) is 10.0. The van der Waals surface area contributed by atoms with Gasteiger partial charge in [0.15, 0.2) is 11.5 Å². The summed E-state index contributed by atoms with van der Waals surface area (Å²) < 4.78 is 26.4. The van der Waals surface area contributed by atoms with Gasteiger partial charge in [-0.2, -0.15) is 0 Å². The standard InChI is InChI=1S/C19H23NO6/c1-22-13-6-7-14(15(11-13)23-2)20-18(21)10-12-8-16(24-3)19(26-5)17(9-12)25-4/h6-9,11H,10H2,1-5H3,(H,20,21). The first-order chi connectivity index (χ1) is 12.6. The number of benzene rings is 2. The molecule has 0 unspecified atom stereocenters. The number of hydrogen-bond acceptors (Lipinski definition) is 6. The van der Waals surface area contributed by atoms with Crippen LogP contribution in [-0.2, 0) is 11.2 Å². The van der Waals surface area contributed by atoms with Crippen LogP contribution in [0.4, 0.5) is 5.69 Å². The molecule has 0 saturated heterocycles. The molecule has 0 fully saturated rings. The molecule has 0 saturated carbocycles. The monoisotopic (exact) mass is 361 g/mol. The summed E-state index contributed by atoms with van der Waals surface area (Å²) in [6, 6.07) is 8.66. The summed E-state index contributed by atoms with van der Waals surface area (Å²) in [7, 11) is 7.69. The van der Waals surface area contributed by atoms with Crippen LogP contribution in [0.2, 0.25) is 0 Å². The summed E-state index contributed by atoms with van der Waals surface area (Å²) in [6.45, 7) is 0. The highest BCUT2D eigenvalue weighted by molar-refractivity contribution is 5.94. The van der Waals surface area contributed by atoms with Crippen molar-refractivity contribution in [3.63, 3.8) is 0 Å². The van der Waals surface area contributed by atoms with E-state index in [4.69, 9.17) is 23.7 Å². The number of ether oxygens (including phenoxy) is 5. The van der Waals surface area contributed by atoms with Crippen molar-refractivity contribution in [3.8, 4) is 28.7 Å². The van der Waals surface area contributed by atoms with Gasteiger partial charge in [0.05, 0.1) is 47.7 Å². The minimum absolute atomic E-state index is 0.131. The highest BCUT2D eigenvalue weighted by Crippen LogP contribution is 2.38. The van der Waals surface area contributed by atoms with Crippen LogP contribution in [0.3, 0.4) is 0 Å². The van der Waals surface area contributed by atoms with E-state index in [0.29, 0.717) is 34.4 Å². The maximum atomic E-state index is 12.4. The van der Waals surface area contributed by atoms with Crippen molar-refractivity contribution in [2.45, 2.75) is 6.42 Å². The molecule has 7 nitrogen and oxygen atoms in total. The van der Waals surface area contributed by atoms with Gasteiger partial charge in [0.25, 0.3) is 0 Å². The number of rotatable bonds is 8. The Bertz CT molecular complexity index is 750. The minimum atomic E-state index is -0.206. The lowest BCUT2D eigenvalue weighted by Crippen LogP contribution is -2.15. The maximum absolute atomic E-state index is 12.4. The van der Waals surface area contributed by atoms with Crippen molar-refractivity contribution in [1.82, 2.24) is 0 Å². The van der Waals surface area contributed by atoms with Crippen molar-refractivity contribution in [3.05, 3.63) is 35.9 Å². The largest absolute Gasteiger partial charge is 0.497 e. The lowest BCUT2D eigenvalue weighted by atomic mass is 10.1. The van der Waals surface area contributed by atoms with E-state index in [9.17, 15) is 4.79 Å². The van der Waals surface area contributed by atoms with Gasteiger partial charge in [-0.25, -0.2) is 0 Å². The number of carbonyl (C=O) groups excluding carboxylic acids is 1. The molecule has 2 aromatic rings. The number of anilines is 1. The van der Waals surface area contributed by atoms with E-state index in [-0.39, 0.29) is 12.3 Å². The number of nitrogens with one attached hydrogen (secondary N) is 1. The summed E-state index contributed by atoms with van der Waals surface area (Å²) in [5.41, 5.74) is 1.29. The molecule has 0 radical (unpaired) electrons. The molecule has 140 valence electrons. The predicted octanol–water partition coefficient (Wildman–Crippen LogP) is 2.91. The molecule has 7 heteroatoms. The molecule has 1 amide bonds. The van der Waals surface area contributed by atoms with E-state index in [0.717, 1.165) is 5.56 Å². The second-order valence-electron chi connectivity index (χ2n) is 5.32. The fourth-order valence-corrected chi connectivity index (χ4v) is 2.52. The molecule has 0 aromatic heterocycles. The van der Waals surface area contributed by atoms with Crippen LogP contribution in [0.5, 0.6) is 28.7 Å². The zero-order valence-electron chi connectivity index (χ0n) is 15.5. The first-order valence-electron chi connectivity index (χ1n) is 7.87. The Hall–Kier alpha value is -3.09. The third-order valence-corrected chi connectivity index (χ3v) is 3.77. The zero-order valence-corrected chi connectivity index (χ0v) is 15.5. The Balaban J connectivity index is 2.20. The van der Waals surface area contributed by atoms with E-state index in [1.165, 1.54) is 28.4 Å². The SMILES string of the molecule is COc1ccc(NC(=O)Cc2cc(OC)c(OC)c(OC)c2)c(OC)c1. The molecule has 0 bridgehead atoms. The molecular weight excluding hydrogens is 338 g/mol. The fraction of sp³-hybridized carbons (Fsp3) is 0.316. The van der Waals surface area contributed by atoms with Gasteiger partial charge in [0, 0.05) is 6.07 Å². The number of methoxy groups -OCH3 is 5. The van der Waals surface area contributed by atoms with E-state index >= 15 is 0 Å². The van der Waals surface area contributed by atoms with E-state index < -0.39 is 0 Å². The molecule has 0 atom stereocenters. The smallest absolute Gasteiger partial charge is 0.228 e. The Morgan fingerprint density at radius 3 is 1.92 bits per heavy atom. The first kappa shape index (κ1) is 19.2. The fourth-order valence-electron chi connectivity index (χ4n) is 2.52. The van der Waals surface area contributed by atoms with Crippen molar-refractivity contribution in [2.75, 3.05) is 40.9 Å². The molecule has 1 N–H and O–H groups in total. The third kappa shape index (κ3) is 4.30. The average molecular weight is 361 g/mol. The predicted molar refractivity (Wildman–Crippen MR) is 98.0 cm³/mol. The highest BCUT2D eigenvalue weighted by atomic mass is 16.5. The number of amides is 1. The second kappa shape index (κ2) is 8.84. The molecule has 0 heterocycles. The lowest BCUT2D eigenvalue weighted by Gasteiger charge is -2.15. The third-order valence-electron chi connectivity index (χ3n) is 3.77. The van der Waals surface area contributed by atoms with Crippen molar-refractivity contribution >= 4 is 11.6 Å². The molecule has 26 heavy (non-hydrogen) atoms. The molecule has 0 spiro atoms. The Labute approximate surface area is 152 Å². The number of hydrogen-bond donors (Lipinski definition) is 1. The molecule has 2 rings (SSSR count). The Morgan fingerprint density at radius 2 is 1.42 bits per heavy atom. The van der Waals surface area contributed by atoms with Crippen molar-refractivity contribution in [2.24, 2.45) is 0 Å². The quantitative estimate of drug-likeness (QED) is 0.779. The maximum Gasteiger partial charge on any atom is 0.228 e. The molecule has 0 aliphatic carbocycles. The first-order valence-corrected chi connectivity index (χ1v) is 7.87. The van der Waals surface area contributed by atoms with Gasteiger partial charge in [0.1, 0.15) is 11.5 Å². The van der Waals surface area contributed by atoms with Crippen LogP contribution >= 0.6 is 0 Å². The average Bonchev–Trinajstić information content (AvgIpc) is 2.67. The van der Waals surface area contributed by atoms with Crippen LogP contribution in [0, 0.1) is 0 Å². The van der Waals surface area contributed by atoms with Crippen LogP contribution in [0.1, 0.15) is 5.56 Å². The van der Waals surface area contributed by atoms with Gasteiger partial charge in [-0.1, -0.05) is 0 Å². The summed E-state index contributed by atoms with van der Waals surface area (Å²) >= 11 is 0. The van der Waals surface area contributed by atoms with E-state index in [2.05, 4.69) is 5.32 Å². The highest BCUT2D eigenvalue weighted by Gasteiger charge is 2.16. The Kier molecular flexibility index (Phi) is 6.54. The second-order valence-corrected chi connectivity index (χ2v) is 5.32. The van der Waals surface area contributed by atoms with E-state index in [1.54, 1.807) is 37.4 Å². The minimum Gasteiger partial charge on any atom is -0.497 e. The van der Waals surface area contributed by atoms with Crippen LogP contribution in [0.25, 0.3) is 0 Å². The van der Waals surface area contributed by atoms with Crippen LogP contribution in [-0.4, -0.2) is 41.5 Å². The van der Waals surface area contributed by atoms with Crippen LogP contribution in [0.15, 0.2) is 30.3 Å². The summed E-state index contributed by atoms with van der Waals surface area (Å²) in [5.74, 6) is 2.43. The van der Waals surface area contributed by atoms with E-state index in [1.807, 2.05) is 0 Å². The van der Waals surface area contributed by atoms with Gasteiger partial charge in [-0.3, -0.25) is 4.79 Å². The van der Waals surface area contributed by atoms with Gasteiger partial charge in [-0.05, 0) is 29.8 Å². The Morgan fingerprint density at radius 1 is 0.808 bits per heavy atom. The summed E-state index contributed by atoms with van der Waals surface area (Å²) in [5, 5.41) is 2.83. The molecular formula is C19H23NO6. The molecule has 0 aliphatic rings. The number of carbonyl (C=O) groups is 1. The topological polar surface area (TPSA) is 75.3 Å². The lowest BCUT2D eigenvalue weighted by molar-refractivity contribution is -0.115. The zero-order chi connectivity index (χ0) is 19.1. The summed E-state index contributed by atoms with van der Waals surface area (Å²) in [6.07, 6.45) is 0.131. The molecule has 0 aliphatic heterocycles. The molecule has 2 aromatic carbocycles. The van der Waals surface area contributed by atoms with Crippen LogP contribution < -0.4 is 29.0 Å².